The van der Waals surface area contributed by atoms with Crippen molar-refractivity contribution in [3.05, 3.63) is 0 Å². The highest BCUT2D eigenvalue weighted by molar-refractivity contribution is 5.81. The summed E-state index contributed by atoms with van der Waals surface area (Å²) in [6, 6.07) is 0. The van der Waals surface area contributed by atoms with Crippen molar-refractivity contribution in [1.29, 1.82) is 0 Å². The Morgan fingerprint density at radius 1 is 1.05 bits per heavy atom. The first kappa shape index (κ1) is 15.3. The van der Waals surface area contributed by atoms with Crippen molar-refractivity contribution in [3.63, 3.8) is 0 Å². The highest BCUT2D eigenvalue weighted by atomic mass is 16.5. The predicted molar refractivity (Wildman–Crippen MR) is 81.9 cm³/mol. The van der Waals surface area contributed by atoms with Gasteiger partial charge in [-0.2, -0.15) is 0 Å². The van der Waals surface area contributed by atoms with Gasteiger partial charge in [-0.05, 0) is 57.5 Å². The van der Waals surface area contributed by atoms with E-state index in [1.807, 2.05) is 4.90 Å². The van der Waals surface area contributed by atoms with Crippen LogP contribution in [-0.2, 0) is 9.53 Å². The van der Waals surface area contributed by atoms with Crippen molar-refractivity contribution in [1.82, 2.24) is 9.80 Å². The van der Waals surface area contributed by atoms with E-state index in [0.29, 0.717) is 6.54 Å². The number of carbonyl (C=O) groups excluding carboxylic acids is 1. The molecule has 5 heteroatoms. The van der Waals surface area contributed by atoms with Crippen LogP contribution in [0.4, 0.5) is 0 Å². The van der Waals surface area contributed by atoms with E-state index in [2.05, 4.69) is 4.90 Å². The number of nitrogens with zero attached hydrogens (tertiary/aromatic N) is 2. The van der Waals surface area contributed by atoms with E-state index in [0.717, 1.165) is 44.7 Å². The molecular formula is C16H29N3O2. The summed E-state index contributed by atoms with van der Waals surface area (Å²) in [4.78, 5) is 17.1. The fourth-order valence-electron chi connectivity index (χ4n) is 3.93. The van der Waals surface area contributed by atoms with Crippen LogP contribution in [0.1, 0.15) is 38.5 Å². The molecule has 0 radical (unpaired) electrons. The smallest absolute Gasteiger partial charge is 0.251 e. The molecule has 3 rings (SSSR count). The maximum Gasteiger partial charge on any atom is 0.251 e. The molecule has 120 valence electrons. The topological polar surface area (TPSA) is 58.8 Å². The molecule has 0 aliphatic carbocycles. The first-order valence-corrected chi connectivity index (χ1v) is 8.63. The van der Waals surface area contributed by atoms with Crippen LogP contribution in [0.2, 0.25) is 0 Å². The third-order valence-electron chi connectivity index (χ3n) is 5.29. The molecule has 0 bridgehead atoms. The minimum Gasteiger partial charge on any atom is -0.364 e. The van der Waals surface area contributed by atoms with Gasteiger partial charge in [-0.1, -0.05) is 0 Å². The van der Waals surface area contributed by atoms with E-state index in [1.54, 1.807) is 0 Å². The van der Waals surface area contributed by atoms with E-state index >= 15 is 0 Å². The Morgan fingerprint density at radius 3 is 2.38 bits per heavy atom. The molecule has 0 aromatic rings. The van der Waals surface area contributed by atoms with E-state index in [4.69, 9.17) is 10.5 Å². The van der Waals surface area contributed by atoms with Crippen molar-refractivity contribution < 1.29 is 9.53 Å². The minimum absolute atomic E-state index is 0.0895. The maximum atomic E-state index is 12.5. The molecule has 0 spiro atoms. The van der Waals surface area contributed by atoms with Crippen LogP contribution in [0.15, 0.2) is 0 Å². The van der Waals surface area contributed by atoms with Gasteiger partial charge in [0, 0.05) is 26.2 Å². The molecule has 0 aromatic heterocycles. The van der Waals surface area contributed by atoms with Gasteiger partial charge < -0.3 is 20.3 Å². The van der Waals surface area contributed by atoms with Crippen molar-refractivity contribution in [3.8, 4) is 0 Å². The van der Waals surface area contributed by atoms with E-state index in [1.165, 1.54) is 32.5 Å². The number of rotatable bonds is 4. The lowest BCUT2D eigenvalue weighted by Gasteiger charge is -2.35. The molecule has 2 atom stereocenters. The van der Waals surface area contributed by atoms with Gasteiger partial charge >= 0.3 is 0 Å². The molecular weight excluding hydrogens is 266 g/mol. The van der Waals surface area contributed by atoms with Crippen LogP contribution >= 0.6 is 0 Å². The summed E-state index contributed by atoms with van der Waals surface area (Å²) in [5.41, 5.74) is 5.62. The Bertz CT molecular complexity index is 349. The number of piperidine rings is 1. The third-order valence-corrected chi connectivity index (χ3v) is 5.29. The Kier molecular flexibility index (Phi) is 5.14. The quantitative estimate of drug-likeness (QED) is 0.834. The van der Waals surface area contributed by atoms with E-state index in [-0.39, 0.29) is 18.1 Å². The Morgan fingerprint density at radius 2 is 1.76 bits per heavy atom. The van der Waals surface area contributed by atoms with E-state index < -0.39 is 0 Å². The summed E-state index contributed by atoms with van der Waals surface area (Å²) in [6.45, 7) is 6.12. The number of carbonyl (C=O) groups is 1. The molecule has 3 saturated heterocycles. The van der Waals surface area contributed by atoms with Gasteiger partial charge in [0.15, 0.2) is 0 Å². The molecule has 0 saturated carbocycles. The normalized spacial score (nSPS) is 32.0. The zero-order chi connectivity index (χ0) is 14.7. The standard InChI is InChI=1S/C16H29N3O2/c17-11-14-3-4-15(21-14)16(20)19-9-5-13(6-10-19)12-18-7-1-2-8-18/h13-15H,1-12,17H2/t14-,15+/m1/s1. The average molecular weight is 295 g/mol. The highest BCUT2D eigenvalue weighted by Gasteiger charge is 2.34. The second-order valence-electron chi connectivity index (χ2n) is 6.84. The summed E-state index contributed by atoms with van der Waals surface area (Å²) < 4.78 is 5.74. The first-order chi connectivity index (χ1) is 10.3. The monoisotopic (exact) mass is 295 g/mol. The van der Waals surface area contributed by atoms with Gasteiger partial charge in [0.25, 0.3) is 5.91 Å². The zero-order valence-electron chi connectivity index (χ0n) is 13.0. The second kappa shape index (κ2) is 7.07. The fraction of sp³-hybridized carbons (Fsp3) is 0.938. The number of nitrogens with two attached hydrogens (primary N) is 1. The summed E-state index contributed by atoms with van der Waals surface area (Å²) in [6.07, 6.45) is 6.65. The zero-order valence-corrected chi connectivity index (χ0v) is 13.0. The van der Waals surface area contributed by atoms with Gasteiger partial charge in [-0.15, -0.1) is 0 Å². The van der Waals surface area contributed by atoms with Crippen LogP contribution in [0.25, 0.3) is 0 Å². The Balaban J connectivity index is 1.41. The average Bonchev–Trinajstić information content (AvgIpc) is 3.18. The van der Waals surface area contributed by atoms with Crippen LogP contribution < -0.4 is 5.73 Å². The molecule has 2 N–H and O–H groups in total. The minimum atomic E-state index is -0.228. The Hall–Kier alpha value is -0.650. The van der Waals surface area contributed by atoms with Gasteiger partial charge in [-0.3, -0.25) is 4.79 Å². The first-order valence-electron chi connectivity index (χ1n) is 8.63. The van der Waals surface area contributed by atoms with Crippen molar-refractivity contribution in [2.24, 2.45) is 11.7 Å². The number of amides is 1. The van der Waals surface area contributed by atoms with Crippen LogP contribution in [0.3, 0.4) is 0 Å². The molecule has 1 amide bonds. The number of hydrogen-bond acceptors (Lipinski definition) is 4. The van der Waals surface area contributed by atoms with Crippen LogP contribution in [0.5, 0.6) is 0 Å². The lowest BCUT2D eigenvalue weighted by molar-refractivity contribution is -0.144. The van der Waals surface area contributed by atoms with Gasteiger partial charge in [-0.25, -0.2) is 0 Å². The summed E-state index contributed by atoms with van der Waals surface area (Å²) in [5.74, 6) is 0.971. The van der Waals surface area contributed by atoms with E-state index in [9.17, 15) is 4.79 Å². The second-order valence-corrected chi connectivity index (χ2v) is 6.84. The molecule has 3 aliphatic rings. The summed E-state index contributed by atoms with van der Waals surface area (Å²) in [7, 11) is 0. The van der Waals surface area contributed by atoms with Crippen LogP contribution in [0, 0.1) is 5.92 Å². The number of ether oxygens (including phenoxy) is 1. The third kappa shape index (κ3) is 3.76. The molecule has 3 heterocycles. The summed E-state index contributed by atoms with van der Waals surface area (Å²) >= 11 is 0. The molecule has 3 aliphatic heterocycles. The van der Waals surface area contributed by atoms with Gasteiger partial charge in [0.1, 0.15) is 6.10 Å². The fourth-order valence-corrected chi connectivity index (χ4v) is 3.93. The summed E-state index contributed by atoms with van der Waals surface area (Å²) in [5, 5.41) is 0. The van der Waals surface area contributed by atoms with Crippen molar-refractivity contribution in [2.45, 2.75) is 50.7 Å². The molecule has 3 fully saturated rings. The maximum absolute atomic E-state index is 12.5. The van der Waals surface area contributed by atoms with Gasteiger partial charge in [0.2, 0.25) is 0 Å². The SMILES string of the molecule is NC[C@H]1CC[C@@H](C(=O)N2CCC(CN3CCCC3)CC2)O1. The molecule has 21 heavy (non-hydrogen) atoms. The van der Waals surface area contributed by atoms with Crippen molar-refractivity contribution >= 4 is 5.91 Å². The molecule has 0 aromatic carbocycles. The predicted octanol–water partition coefficient (Wildman–Crippen LogP) is 0.827. The largest absolute Gasteiger partial charge is 0.364 e. The molecule has 0 unspecified atom stereocenters. The lowest BCUT2D eigenvalue weighted by atomic mass is 9.96. The molecule has 5 nitrogen and oxygen atoms in total. The van der Waals surface area contributed by atoms with Gasteiger partial charge in [0.05, 0.1) is 6.10 Å². The Labute approximate surface area is 127 Å². The van der Waals surface area contributed by atoms with Crippen molar-refractivity contribution in [2.75, 3.05) is 39.3 Å². The highest BCUT2D eigenvalue weighted by Crippen LogP contribution is 2.25. The number of hydrogen-bond donors (Lipinski definition) is 1. The number of likely N-dealkylation sites (tertiary alicyclic amines) is 2. The van der Waals surface area contributed by atoms with Crippen LogP contribution in [-0.4, -0.2) is 67.2 Å². The lowest BCUT2D eigenvalue weighted by Crippen LogP contribution is -2.45.